The molecule has 3 rings (SSSR count). The molecule has 5 nitrogen and oxygen atoms in total. The van der Waals surface area contributed by atoms with Crippen LogP contribution in [0.2, 0.25) is 0 Å². The topological polar surface area (TPSA) is 85.0 Å². The maximum Gasteiger partial charge on any atom is 0.237 e. The van der Waals surface area contributed by atoms with Crippen LogP contribution in [-0.4, -0.2) is 11.8 Å². The Morgan fingerprint density at radius 1 is 0.952 bits per heavy atom. The lowest BCUT2D eigenvalue weighted by atomic mass is 9.81. The highest BCUT2D eigenvalue weighted by Gasteiger charge is 2.48. The molecule has 2 unspecified atom stereocenters. The summed E-state index contributed by atoms with van der Waals surface area (Å²) in [6, 6.07) is 8.35. The maximum absolute atomic E-state index is 12.5. The van der Waals surface area contributed by atoms with Crippen LogP contribution in [-0.2, 0) is 9.59 Å². The predicted molar refractivity (Wildman–Crippen MR) is 73.8 cm³/mol. The Bertz CT molecular complexity index is 687. The first-order valence-electron chi connectivity index (χ1n) is 6.99. The van der Waals surface area contributed by atoms with Crippen molar-refractivity contribution in [2.45, 2.75) is 25.7 Å². The van der Waals surface area contributed by atoms with E-state index < -0.39 is 0 Å². The molecule has 2 aliphatic rings. The fraction of sp³-hybridized carbons (Fsp3) is 0.375. The number of nitrogens with zero attached hydrogens (tertiary/aromatic N) is 3. The van der Waals surface area contributed by atoms with Crippen molar-refractivity contribution < 1.29 is 9.59 Å². The van der Waals surface area contributed by atoms with E-state index in [0.717, 1.165) is 25.7 Å². The summed E-state index contributed by atoms with van der Waals surface area (Å²) in [6.45, 7) is 0. The van der Waals surface area contributed by atoms with Crippen molar-refractivity contribution in [1.82, 2.24) is 0 Å². The van der Waals surface area contributed by atoms with E-state index in [2.05, 4.69) is 0 Å². The van der Waals surface area contributed by atoms with E-state index in [1.165, 1.54) is 17.0 Å². The fourth-order valence-corrected chi connectivity index (χ4v) is 3.28. The smallest absolute Gasteiger partial charge is 0.237 e. The van der Waals surface area contributed by atoms with Crippen molar-refractivity contribution in [1.29, 1.82) is 10.5 Å². The summed E-state index contributed by atoms with van der Waals surface area (Å²) in [5, 5.41) is 18.0. The van der Waals surface area contributed by atoms with Gasteiger partial charge in [0.25, 0.3) is 0 Å². The van der Waals surface area contributed by atoms with Crippen LogP contribution in [0.25, 0.3) is 0 Å². The molecule has 1 aliphatic heterocycles. The van der Waals surface area contributed by atoms with Crippen LogP contribution in [0.15, 0.2) is 18.2 Å². The fourth-order valence-electron chi connectivity index (χ4n) is 3.28. The minimum atomic E-state index is -0.215. The summed E-state index contributed by atoms with van der Waals surface area (Å²) in [5.41, 5.74) is 0.832. The van der Waals surface area contributed by atoms with Gasteiger partial charge in [0.2, 0.25) is 11.8 Å². The van der Waals surface area contributed by atoms with Crippen molar-refractivity contribution in [2.24, 2.45) is 11.8 Å². The molecule has 0 bridgehead atoms. The zero-order chi connectivity index (χ0) is 15.0. The number of rotatable bonds is 1. The molecule has 0 N–H and O–H groups in total. The van der Waals surface area contributed by atoms with Gasteiger partial charge in [-0.3, -0.25) is 14.5 Å². The molecule has 0 radical (unpaired) electrons. The summed E-state index contributed by atoms with van der Waals surface area (Å²) in [7, 11) is 0. The molecule has 21 heavy (non-hydrogen) atoms. The summed E-state index contributed by atoms with van der Waals surface area (Å²) in [5.74, 6) is -0.767. The first-order chi connectivity index (χ1) is 10.2. The van der Waals surface area contributed by atoms with E-state index in [-0.39, 0.29) is 34.8 Å². The van der Waals surface area contributed by atoms with E-state index in [1.54, 1.807) is 6.07 Å². The van der Waals surface area contributed by atoms with E-state index >= 15 is 0 Å². The molecule has 1 saturated carbocycles. The molecule has 1 aromatic carbocycles. The third-order valence-corrected chi connectivity index (χ3v) is 4.34. The number of hydrogen-bond acceptors (Lipinski definition) is 4. The lowest BCUT2D eigenvalue weighted by Gasteiger charge is -2.19. The minimum Gasteiger partial charge on any atom is -0.274 e. The quantitative estimate of drug-likeness (QED) is 0.737. The highest BCUT2D eigenvalue weighted by molar-refractivity contribution is 6.22. The molecular weight excluding hydrogens is 266 g/mol. The normalized spacial score (nSPS) is 24.4. The number of carbonyl (C=O) groups is 2. The first kappa shape index (κ1) is 13.3. The molecule has 1 saturated heterocycles. The van der Waals surface area contributed by atoms with Gasteiger partial charge in [-0.1, -0.05) is 12.8 Å². The number of carbonyl (C=O) groups excluding carboxylic acids is 2. The van der Waals surface area contributed by atoms with Gasteiger partial charge in [-0.2, -0.15) is 10.5 Å². The van der Waals surface area contributed by atoms with Crippen LogP contribution in [0.3, 0.4) is 0 Å². The summed E-state index contributed by atoms with van der Waals surface area (Å²) in [6.07, 6.45) is 3.47. The number of hydrogen-bond donors (Lipinski definition) is 0. The van der Waals surface area contributed by atoms with Crippen LogP contribution >= 0.6 is 0 Å². The van der Waals surface area contributed by atoms with E-state index in [0.29, 0.717) is 5.69 Å². The van der Waals surface area contributed by atoms with Crippen LogP contribution in [0.1, 0.15) is 36.8 Å². The van der Waals surface area contributed by atoms with Crippen LogP contribution in [0, 0.1) is 34.5 Å². The molecule has 104 valence electrons. The summed E-state index contributed by atoms with van der Waals surface area (Å²) in [4.78, 5) is 26.1. The lowest BCUT2D eigenvalue weighted by molar-refractivity contribution is -0.122. The standard InChI is InChI=1S/C16H13N3O2/c17-8-10-5-6-12(7-11(10)9-18)19-15(20)13-3-1-2-4-14(13)16(19)21/h5-7,13-14H,1-4H2. The second kappa shape index (κ2) is 5.03. The number of fused-ring (bicyclic) bond motifs is 1. The SMILES string of the molecule is N#Cc1ccc(N2C(=O)C3CCCCC3C2=O)cc1C#N. The zero-order valence-electron chi connectivity index (χ0n) is 11.4. The number of benzene rings is 1. The van der Waals surface area contributed by atoms with Gasteiger partial charge in [-0.05, 0) is 31.0 Å². The Morgan fingerprint density at radius 2 is 1.52 bits per heavy atom. The Balaban J connectivity index is 2.01. The monoisotopic (exact) mass is 279 g/mol. The van der Waals surface area contributed by atoms with E-state index in [9.17, 15) is 9.59 Å². The minimum absolute atomic E-state index is 0.168. The van der Waals surface area contributed by atoms with Gasteiger partial charge in [0.15, 0.2) is 0 Å². The van der Waals surface area contributed by atoms with Crippen LogP contribution in [0.4, 0.5) is 5.69 Å². The molecule has 0 spiro atoms. The van der Waals surface area contributed by atoms with Gasteiger partial charge in [0, 0.05) is 0 Å². The predicted octanol–water partition coefficient (Wildman–Crippen LogP) is 2.11. The average molecular weight is 279 g/mol. The van der Waals surface area contributed by atoms with Crippen molar-refractivity contribution >= 4 is 17.5 Å². The van der Waals surface area contributed by atoms with E-state index in [4.69, 9.17) is 10.5 Å². The zero-order valence-corrected chi connectivity index (χ0v) is 11.4. The van der Waals surface area contributed by atoms with Gasteiger partial charge in [0.05, 0.1) is 28.7 Å². The third kappa shape index (κ3) is 1.98. The van der Waals surface area contributed by atoms with E-state index in [1.807, 2.05) is 12.1 Å². The molecular formula is C16H13N3O2. The lowest BCUT2D eigenvalue weighted by Crippen LogP contribution is -2.30. The van der Waals surface area contributed by atoms with Gasteiger partial charge in [0.1, 0.15) is 12.1 Å². The maximum atomic E-state index is 12.5. The highest BCUT2D eigenvalue weighted by Crippen LogP contribution is 2.40. The number of imide groups is 1. The van der Waals surface area contributed by atoms with Gasteiger partial charge < -0.3 is 0 Å². The molecule has 2 fully saturated rings. The van der Waals surface area contributed by atoms with Crippen molar-refractivity contribution in [3.8, 4) is 12.1 Å². The molecule has 2 atom stereocenters. The van der Waals surface area contributed by atoms with Gasteiger partial charge in [-0.15, -0.1) is 0 Å². The van der Waals surface area contributed by atoms with Crippen LogP contribution < -0.4 is 4.90 Å². The number of amides is 2. The molecule has 1 aromatic rings. The molecule has 5 heteroatoms. The number of nitriles is 2. The first-order valence-corrected chi connectivity index (χ1v) is 6.99. The third-order valence-electron chi connectivity index (χ3n) is 4.34. The van der Waals surface area contributed by atoms with Gasteiger partial charge in [-0.25, -0.2) is 0 Å². The Kier molecular flexibility index (Phi) is 3.19. The van der Waals surface area contributed by atoms with Crippen LogP contribution in [0.5, 0.6) is 0 Å². The molecule has 1 heterocycles. The van der Waals surface area contributed by atoms with Crippen molar-refractivity contribution in [3.05, 3.63) is 29.3 Å². The highest BCUT2D eigenvalue weighted by atomic mass is 16.2. The Hall–Kier alpha value is -2.66. The molecule has 1 aliphatic carbocycles. The average Bonchev–Trinajstić information content (AvgIpc) is 2.78. The Labute approximate surface area is 122 Å². The van der Waals surface area contributed by atoms with Crippen molar-refractivity contribution in [2.75, 3.05) is 4.90 Å². The second-order valence-electron chi connectivity index (χ2n) is 5.46. The van der Waals surface area contributed by atoms with Crippen molar-refractivity contribution in [3.63, 3.8) is 0 Å². The summed E-state index contributed by atoms with van der Waals surface area (Å²) >= 11 is 0. The molecule has 2 amide bonds. The number of anilines is 1. The second-order valence-corrected chi connectivity index (χ2v) is 5.46. The van der Waals surface area contributed by atoms with Gasteiger partial charge >= 0.3 is 0 Å². The largest absolute Gasteiger partial charge is 0.274 e. The Morgan fingerprint density at radius 3 is 2.05 bits per heavy atom. The molecule has 0 aromatic heterocycles. The summed E-state index contributed by atoms with van der Waals surface area (Å²) < 4.78 is 0.